The Morgan fingerprint density at radius 1 is 1.05 bits per heavy atom. The monoisotopic (exact) mass is 308 g/mol. The Kier molecular flexibility index (Phi) is 4.66. The number of aliphatic carboxylic acids is 1. The molecule has 0 aliphatic rings. The van der Waals surface area contributed by atoms with Crippen LogP contribution in [0, 0.1) is 0 Å². The van der Waals surface area contributed by atoms with Gasteiger partial charge in [-0.05, 0) is 35.9 Å². The number of halogens is 2. The number of carboxylic acid groups (broad SMARTS) is 1. The summed E-state index contributed by atoms with van der Waals surface area (Å²) in [4.78, 5) is 10.5. The van der Waals surface area contributed by atoms with Crippen molar-refractivity contribution in [2.45, 2.75) is 0 Å². The lowest BCUT2D eigenvalue weighted by Crippen LogP contribution is -1.87. The van der Waals surface area contributed by atoms with Crippen molar-refractivity contribution < 1.29 is 14.6 Å². The smallest absolute Gasteiger partial charge is 0.328 e. The van der Waals surface area contributed by atoms with E-state index in [1.165, 1.54) is 6.08 Å². The fourth-order valence-corrected chi connectivity index (χ4v) is 1.81. The van der Waals surface area contributed by atoms with E-state index in [1.54, 1.807) is 42.5 Å². The summed E-state index contributed by atoms with van der Waals surface area (Å²) in [6.45, 7) is 0. The normalized spacial score (nSPS) is 10.7. The summed E-state index contributed by atoms with van der Waals surface area (Å²) in [5, 5.41) is 9.45. The van der Waals surface area contributed by atoms with Crippen molar-refractivity contribution in [1.82, 2.24) is 0 Å². The molecule has 0 aromatic heterocycles. The largest absolute Gasteiger partial charge is 0.478 e. The molecule has 0 spiro atoms. The van der Waals surface area contributed by atoms with E-state index < -0.39 is 5.97 Å². The number of hydrogen-bond acceptors (Lipinski definition) is 2. The van der Waals surface area contributed by atoms with Crippen molar-refractivity contribution in [1.29, 1.82) is 0 Å². The van der Waals surface area contributed by atoms with E-state index in [4.69, 9.17) is 33.0 Å². The summed E-state index contributed by atoms with van der Waals surface area (Å²) < 4.78 is 5.64. The maximum absolute atomic E-state index is 10.5. The Hall–Kier alpha value is -1.97. The molecule has 3 nitrogen and oxygen atoms in total. The molecule has 0 saturated heterocycles. The Balaban J connectivity index is 2.19. The second-order valence-electron chi connectivity index (χ2n) is 3.92. The Morgan fingerprint density at radius 3 is 2.50 bits per heavy atom. The first-order chi connectivity index (χ1) is 9.54. The van der Waals surface area contributed by atoms with Crippen LogP contribution in [0.15, 0.2) is 48.5 Å². The van der Waals surface area contributed by atoms with Gasteiger partial charge in [0.25, 0.3) is 0 Å². The van der Waals surface area contributed by atoms with E-state index in [9.17, 15) is 4.79 Å². The highest BCUT2D eigenvalue weighted by molar-refractivity contribution is 6.42. The second kappa shape index (κ2) is 6.46. The summed E-state index contributed by atoms with van der Waals surface area (Å²) in [6, 6.07) is 12.0. The van der Waals surface area contributed by atoms with Crippen LogP contribution in [-0.2, 0) is 4.79 Å². The van der Waals surface area contributed by atoms with Gasteiger partial charge in [-0.1, -0.05) is 35.3 Å². The lowest BCUT2D eigenvalue weighted by Gasteiger charge is -2.07. The topological polar surface area (TPSA) is 46.5 Å². The van der Waals surface area contributed by atoms with Gasteiger partial charge >= 0.3 is 5.97 Å². The predicted octanol–water partition coefficient (Wildman–Crippen LogP) is 4.88. The minimum absolute atomic E-state index is 0.408. The van der Waals surface area contributed by atoms with E-state index in [2.05, 4.69) is 0 Å². The molecular formula is C15H10Cl2O3. The number of carbonyl (C=O) groups is 1. The highest BCUT2D eigenvalue weighted by atomic mass is 35.5. The standard InChI is InChI=1S/C15H10Cl2O3/c16-13-6-5-12(9-14(13)17)20-11-3-1-2-10(8-11)4-7-15(18)19/h1-9H,(H,18,19)/b7-4+. The lowest BCUT2D eigenvalue weighted by molar-refractivity contribution is -0.131. The number of carboxylic acids is 1. The molecule has 0 atom stereocenters. The number of benzene rings is 2. The third-order valence-electron chi connectivity index (χ3n) is 2.40. The molecule has 0 heterocycles. The van der Waals surface area contributed by atoms with E-state index in [-0.39, 0.29) is 0 Å². The van der Waals surface area contributed by atoms with Gasteiger partial charge in [-0.2, -0.15) is 0 Å². The maximum atomic E-state index is 10.5. The molecular weight excluding hydrogens is 299 g/mol. The number of rotatable bonds is 4. The third-order valence-corrected chi connectivity index (χ3v) is 3.14. The average molecular weight is 309 g/mol. The highest BCUT2D eigenvalue weighted by Crippen LogP contribution is 2.29. The van der Waals surface area contributed by atoms with Crippen molar-refractivity contribution in [2.24, 2.45) is 0 Å². The van der Waals surface area contributed by atoms with Gasteiger partial charge in [-0.3, -0.25) is 0 Å². The molecule has 0 aliphatic carbocycles. The Bertz CT molecular complexity index is 666. The van der Waals surface area contributed by atoms with Gasteiger partial charge in [0.1, 0.15) is 11.5 Å². The maximum Gasteiger partial charge on any atom is 0.328 e. The molecule has 0 amide bonds. The third kappa shape index (κ3) is 4.02. The molecule has 2 aromatic carbocycles. The fourth-order valence-electron chi connectivity index (χ4n) is 1.53. The highest BCUT2D eigenvalue weighted by Gasteiger charge is 2.02. The summed E-state index contributed by atoms with van der Waals surface area (Å²) in [6.07, 6.45) is 2.56. The zero-order valence-corrected chi connectivity index (χ0v) is 11.7. The summed E-state index contributed by atoms with van der Waals surface area (Å²) in [5.41, 5.74) is 0.727. The number of ether oxygens (including phenoxy) is 1. The first kappa shape index (κ1) is 14.4. The quantitative estimate of drug-likeness (QED) is 0.818. The lowest BCUT2D eigenvalue weighted by atomic mass is 10.2. The molecule has 0 saturated carbocycles. The van der Waals surface area contributed by atoms with E-state index in [1.807, 2.05) is 0 Å². The van der Waals surface area contributed by atoms with Crippen molar-refractivity contribution in [3.8, 4) is 11.5 Å². The van der Waals surface area contributed by atoms with Gasteiger partial charge in [-0.25, -0.2) is 4.79 Å². The molecule has 2 aromatic rings. The van der Waals surface area contributed by atoms with Crippen LogP contribution in [0.3, 0.4) is 0 Å². The fraction of sp³-hybridized carbons (Fsp3) is 0. The molecule has 5 heteroatoms. The first-order valence-corrected chi connectivity index (χ1v) is 6.44. The van der Waals surface area contributed by atoms with Crippen LogP contribution in [0.2, 0.25) is 10.0 Å². The van der Waals surface area contributed by atoms with Gasteiger partial charge in [0, 0.05) is 12.1 Å². The molecule has 20 heavy (non-hydrogen) atoms. The van der Waals surface area contributed by atoms with Crippen LogP contribution in [0.1, 0.15) is 5.56 Å². The van der Waals surface area contributed by atoms with Gasteiger partial charge in [0.2, 0.25) is 0 Å². The molecule has 102 valence electrons. The Morgan fingerprint density at radius 2 is 1.80 bits per heavy atom. The van der Waals surface area contributed by atoms with Crippen LogP contribution >= 0.6 is 23.2 Å². The van der Waals surface area contributed by atoms with Crippen LogP contribution in [0.25, 0.3) is 6.08 Å². The number of hydrogen-bond donors (Lipinski definition) is 1. The van der Waals surface area contributed by atoms with Gasteiger partial charge in [0.05, 0.1) is 10.0 Å². The summed E-state index contributed by atoms with van der Waals surface area (Å²) in [7, 11) is 0. The molecule has 0 aliphatic heterocycles. The molecule has 0 bridgehead atoms. The van der Waals surface area contributed by atoms with Crippen molar-refractivity contribution in [3.05, 3.63) is 64.1 Å². The predicted molar refractivity (Wildman–Crippen MR) is 79.6 cm³/mol. The van der Waals surface area contributed by atoms with Crippen molar-refractivity contribution >= 4 is 35.2 Å². The van der Waals surface area contributed by atoms with E-state index >= 15 is 0 Å². The molecule has 1 N–H and O–H groups in total. The first-order valence-electron chi connectivity index (χ1n) is 5.68. The summed E-state index contributed by atoms with van der Waals surface area (Å²) >= 11 is 11.7. The van der Waals surface area contributed by atoms with Crippen LogP contribution in [0.4, 0.5) is 0 Å². The van der Waals surface area contributed by atoms with Gasteiger partial charge in [-0.15, -0.1) is 0 Å². The minimum atomic E-state index is -0.999. The molecule has 2 rings (SSSR count). The molecule has 0 unspecified atom stereocenters. The SMILES string of the molecule is O=C(O)/C=C/c1cccc(Oc2ccc(Cl)c(Cl)c2)c1. The molecule has 0 radical (unpaired) electrons. The molecule has 0 fully saturated rings. The van der Waals surface area contributed by atoms with Gasteiger partial charge < -0.3 is 9.84 Å². The van der Waals surface area contributed by atoms with Gasteiger partial charge in [0.15, 0.2) is 0 Å². The van der Waals surface area contributed by atoms with E-state index in [0.717, 1.165) is 11.6 Å². The van der Waals surface area contributed by atoms with E-state index in [0.29, 0.717) is 21.5 Å². The minimum Gasteiger partial charge on any atom is -0.478 e. The summed E-state index contributed by atoms with van der Waals surface area (Å²) in [5.74, 6) is 0.135. The zero-order chi connectivity index (χ0) is 14.5. The van der Waals surface area contributed by atoms with Crippen molar-refractivity contribution in [2.75, 3.05) is 0 Å². The Labute approximate surface area is 126 Å². The van der Waals surface area contributed by atoms with Crippen LogP contribution < -0.4 is 4.74 Å². The average Bonchev–Trinajstić information content (AvgIpc) is 2.41. The van der Waals surface area contributed by atoms with Crippen molar-refractivity contribution in [3.63, 3.8) is 0 Å². The zero-order valence-electron chi connectivity index (χ0n) is 10.2. The second-order valence-corrected chi connectivity index (χ2v) is 4.74. The van der Waals surface area contributed by atoms with Crippen LogP contribution in [0.5, 0.6) is 11.5 Å². The van der Waals surface area contributed by atoms with Crippen LogP contribution in [-0.4, -0.2) is 11.1 Å².